The number of amides is 3. The second-order valence-electron chi connectivity index (χ2n) is 11.8. The maximum atomic E-state index is 13.0. The molecule has 0 saturated carbocycles. The third-order valence-electron chi connectivity index (χ3n) is 7.72. The number of nitrogens with one attached hydrogen (secondary N) is 1. The van der Waals surface area contributed by atoms with Gasteiger partial charge in [0, 0.05) is 11.6 Å². The zero-order valence-electron chi connectivity index (χ0n) is 27.0. The Morgan fingerprint density at radius 1 is 1.06 bits per heavy atom. The van der Waals surface area contributed by atoms with Gasteiger partial charge in [0.1, 0.15) is 12.1 Å². The number of aryl methyl sites for hydroxylation is 1. The third kappa shape index (κ3) is 8.51. The van der Waals surface area contributed by atoms with Crippen molar-refractivity contribution in [2.24, 2.45) is 10.9 Å². The largest absolute Gasteiger partial charge is 0.573 e. The molecule has 4 aromatic rings. The topological polar surface area (TPSA) is 102 Å². The number of amidine groups is 1. The Hall–Kier alpha value is -4.91. The van der Waals surface area contributed by atoms with Crippen molar-refractivity contribution >= 4 is 40.6 Å². The van der Waals surface area contributed by atoms with Crippen LogP contribution in [0.3, 0.4) is 0 Å². The molecule has 2 heterocycles. The van der Waals surface area contributed by atoms with Gasteiger partial charge in [-0.1, -0.05) is 75.0 Å². The van der Waals surface area contributed by atoms with E-state index in [1.165, 1.54) is 47.0 Å². The first-order valence-electron chi connectivity index (χ1n) is 15.3. The third-order valence-corrected chi connectivity index (χ3v) is 8.64. The maximum Gasteiger partial charge on any atom is 0.573 e. The van der Waals surface area contributed by atoms with Gasteiger partial charge >= 0.3 is 12.4 Å². The van der Waals surface area contributed by atoms with Crippen LogP contribution in [-0.2, 0) is 4.79 Å². The number of alkyl halides is 3. The van der Waals surface area contributed by atoms with Crippen molar-refractivity contribution in [1.29, 1.82) is 0 Å². The van der Waals surface area contributed by atoms with Gasteiger partial charge in [-0.3, -0.25) is 9.69 Å². The fraction of sp³-hybridized carbons (Fsp3) is 0.286. The second-order valence-corrected chi connectivity index (χ2v) is 12.7. The van der Waals surface area contributed by atoms with E-state index >= 15 is 0 Å². The van der Waals surface area contributed by atoms with Crippen molar-refractivity contribution in [3.05, 3.63) is 95.8 Å². The molecular weight excluding hydrogens is 641 g/mol. The first-order valence-corrected chi connectivity index (χ1v) is 16.3. The summed E-state index contributed by atoms with van der Waals surface area (Å²) in [6.07, 6.45) is 0.642. The Labute approximate surface area is 280 Å². The molecule has 3 aromatic carbocycles. The quantitative estimate of drug-likeness (QED) is 0.192. The monoisotopic (exact) mass is 676 g/mol. The van der Waals surface area contributed by atoms with Crippen LogP contribution in [0, 0.1) is 12.8 Å². The van der Waals surface area contributed by atoms with Gasteiger partial charge in [0.05, 0.1) is 17.1 Å². The van der Waals surface area contributed by atoms with Crippen molar-refractivity contribution < 1.29 is 27.5 Å². The number of benzene rings is 3. The first-order chi connectivity index (χ1) is 22.8. The predicted octanol–water partition coefficient (Wildman–Crippen LogP) is 8.15. The molecule has 0 spiro atoms. The molecule has 250 valence electrons. The molecular formula is C35H35F3N6O3S. The number of thioether (sulfide) groups is 1. The second kappa shape index (κ2) is 14.5. The lowest BCUT2D eigenvalue weighted by Crippen LogP contribution is -2.37. The van der Waals surface area contributed by atoms with Crippen LogP contribution in [0.1, 0.15) is 50.3 Å². The number of aromatic nitrogens is 3. The van der Waals surface area contributed by atoms with E-state index in [9.17, 15) is 22.8 Å². The number of anilines is 1. The standard InChI is InChI=1S/C35H35F3N6O3S/c1-21(2)29-16-9-22(3)17-30(29)44-31(45)19-48-34(44)41-33(46)40-24(5)23(4)10-11-25-7-6-8-26(18-25)32-39-20-43(42-32)27-12-14-28(15-13-27)47-35(36,37)38/h6-18,20-21,23-24H,19H2,1-5H3,(H,40,46)/b11-10+,41-34-. The zero-order valence-corrected chi connectivity index (χ0v) is 27.8. The van der Waals surface area contributed by atoms with E-state index in [4.69, 9.17) is 0 Å². The van der Waals surface area contributed by atoms with Gasteiger partial charge < -0.3 is 10.1 Å². The van der Waals surface area contributed by atoms with E-state index in [0.29, 0.717) is 16.7 Å². The van der Waals surface area contributed by atoms with E-state index in [1.54, 1.807) is 4.90 Å². The molecule has 1 fully saturated rings. The number of rotatable bonds is 9. The lowest BCUT2D eigenvalue weighted by atomic mass is 9.99. The van der Waals surface area contributed by atoms with Crippen LogP contribution in [0.2, 0.25) is 0 Å². The lowest BCUT2D eigenvalue weighted by Gasteiger charge is -2.22. The van der Waals surface area contributed by atoms with Crippen LogP contribution < -0.4 is 15.0 Å². The number of carbonyl (C=O) groups is 2. The number of hydrogen-bond donors (Lipinski definition) is 1. The van der Waals surface area contributed by atoms with Gasteiger partial charge in [-0.15, -0.1) is 18.3 Å². The van der Waals surface area contributed by atoms with Crippen LogP contribution in [0.5, 0.6) is 5.75 Å². The van der Waals surface area contributed by atoms with Gasteiger partial charge in [-0.25, -0.2) is 14.5 Å². The lowest BCUT2D eigenvalue weighted by molar-refractivity contribution is -0.274. The van der Waals surface area contributed by atoms with Crippen LogP contribution in [0.4, 0.5) is 23.7 Å². The molecule has 0 radical (unpaired) electrons. The number of carbonyl (C=O) groups excluding carboxylic acids is 2. The summed E-state index contributed by atoms with van der Waals surface area (Å²) in [5.74, 6) is 0.356. The molecule has 2 unspecified atom stereocenters. The highest BCUT2D eigenvalue weighted by atomic mass is 32.2. The molecule has 2 atom stereocenters. The molecule has 3 amide bonds. The molecule has 13 heteroatoms. The Bertz CT molecular complexity index is 1850. The fourth-order valence-corrected chi connectivity index (χ4v) is 5.85. The SMILES string of the molecule is Cc1ccc(C(C)C)c(N2C(=O)CS/C2=N\C(=O)NC(C)C(C)/C=C/c2cccc(-c3ncn(-c4ccc(OC(F)(F)F)cc4)n3)c2)c1. The molecule has 1 N–H and O–H groups in total. The summed E-state index contributed by atoms with van der Waals surface area (Å²) in [4.78, 5) is 36.1. The maximum absolute atomic E-state index is 13.0. The van der Waals surface area contributed by atoms with Crippen molar-refractivity contribution in [2.45, 2.75) is 52.9 Å². The number of ether oxygens (including phenoxy) is 1. The summed E-state index contributed by atoms with van der Waals surface area (Å²) in [6, 6.07) is 18.1. The average Bonchev–Trinajstić information content (AvgIpc) is 3.66. The smallest absolute Gasteiger partial charge is 0.406 e. The molecule has 1 aromatic heterocycles. The molecule has 0 aliphatic carbocycles. The molecule has 0 bridgehead atoms. The molecule has 5 rings (SSSR count). The van der Waals surface area contributed by atoms with E-state index in [2.05, 4.69) is 39.0 Å². The van der Waals surface area contributed by atoms with Crippen molar-refractivity contribution in [1.82, 2.24) is 20.1 Å². The minimum Gasteiger partial charge on any atom is -0.406 e. The van der Waals surface area contributed by atoms with Crippen LogP contribution in [-0.4, -0.2) is 50.0 Å². The van der Waals surface area contributed by atoms with Crippen molar-refractivity contribution in [3.63, 3.8) is 0 Å². The molecule has 1 aliphatic rings. The summed E-state index contributed by atoms with van der Waals surface area (Å²) < 4.78 is 42.8. The van der Waals surface area contributed by atoms with Crippen LogP contribution >= 0.6 is 11.8 Å². The van der Waals surface area contributed by atoms with Gasteiger partial charge in [-0.2, -0.15) is 4.99 Å². The Balaban J connectivity index is 1.22. The van der Waals surface area contributed by atoms with Crippen molar-refractivity contribution in [2.75, 3.05) is 10.7 Å². The van der Waals surface area contributed by atoms with Crippen molar-refractivity contribution in [3.8, 4) is 22.8 Å². The van der Waals surface area contributed by atoms with E-state index in [-0.39, 0.29) is 35.3 Å². The molecule has 1 aliphatic heterocycles. The van der Waals surface area contributed by atoms with E-state index < -0.39 is 12.4 Å². The van der Waals surface area contributed by atoms with E-state index in [1.807, 2.05) is 75.4 Å². The summed E-state index contributed by atoms with van der Waals surface area (Å²) in [5, 5.41) is 7.77. The first kappa shape index (κ1) is 34.4. The van der Waals surface area contributed by atoms with Crippen LogP contribution in [0.25, 0.3) is 23.2 Å². The average molecular weight is 677 g/mol. The van der Waals surface area contributed by atoms with Gasteiger partial charge in [-0.05, 0) is 78.8 Å². The Morgan fingerprint density at radius 2 is 1.81 bits per heavy atom. The minimum absolute atomic E-state index is 0.0577. The van der Waals surface area contributed by atoms with Gasteiger partial charge in [0.2, 0.25) is 5.91 Å². The number of halogens is 3. The summed E-state index contributed by atoms with van der Waals surface area (Å²) in [7, 11) is 0. The Kier molecular flexibility index (Phi) is 10.4. The number of hydrogen-bond acceptors (Lipinski definition) is 6. The predicted molar refractivity (Wildman–Crippen MR) is 182 cm³/mol. The zero-order chi connectivity index (χ0) is 34.6. The van der Waals surface area contributed by atoms with E-state index in [0.717, 1.165) is 27.9 Å². The Morgan fingerprint density at radius 3 is 2.52 bits per heavy atom. The molecule has 1 saturated heterocycles. The number of nitrogens with zero attached hydrogens (tertiary/aromatic N) is 5. The summed E-state index contributed by atoms with van der Waals surface area (Å²) in [6.45, 7) is 9.97. The number of aliphatic imine (C=N–C) groups is 1. The highest BCUT2D eigenvalue weighted by Crippen LogP contribution is 2.34. The normalized spacial score (nSPS) is 15.8. The highest BCUT2D eigenvalue weighted by molar-refractivity contribution is 8.15. The minimum atomic E-state index is -4.76. The number of urea groups is 1. The molecule has 9 nitrogen and oxygen atoms in total. The van der Waals surface area contributed by atoms with Crippen LogP contribution in [0.15, 0.2) is 84.1 Å². The highest BCUT2D eigenvalue weighted by Gasteiger charge is 2.33. The fourth-order valence-electron chi connectivity index (χ4n) is 4.99. The summed E-state index contributed by atoms with van der Waals surface area (Å²) >= 11 is 1.25. The summed E-state index contributed by atoms with van der Waals surface area (Å²) in [5.41, 5.74) is 4.95. The van der Waals surface area contributed by atoms with Gasteiger partial charge in [0.15, 0.2) is 11.0 Å². The van der Waals surface area contributed by atoms with Gasteiger partial charge in [0.25, 0.3) is 0 Å². The molecule has 48 heavy (non-hydrogen) atoms.